The Labute approximate surface area is 76.4 Å². The number of carbonyl (C=O) groups excluding carboxylic acids is 1. The summed E-state index contributed by atoms with van der Waals surface area (Å²) in [5.41, 5.74) is 0.729. The molecule has 0 aliphatic carbocycles. The SMILES string of the molecule is O=Cc1ccccc1.c1c[nH]cn1. The summed E-state index contributed by atoms with van der Waals surface area (Å²) in [7, 11) is 0. The third-order valence-corrected chi connectivity index (χ3v) is 1.34. The van der Waals surface area contributed by atoms with Crippen molar-refractivity contribution in [2.45, 2.75) is 0 Å². The molecule has 13 heavy (non-hydrogen) atoms. The second-order valence-corrected chi connectivity index (χ2v) is 2.29. The summed E-state index contributed by atoms with van der Waals surface area (Å²) in [5.74, 6) is 0. The van der Waals surface area contributed by atoms with E-state index in [4.69, 9.17) is 0 Å². The lowest BCUT2D eigenvalue weighted by Gasteiger charge is -1.81. The maximum atomic E-state index is 10.0. The van der Waals surface area contributed by atoms with Crippen molar-refractivity contribution in [2.75, 3.05) is 0 Å². The fourth-order valence-electron chi connectivity index (χ4n) is 0.747. The zero-order chi connectivity index (χ0) is 9.36. The standard InChI is InChI=1S/C7H6O.C3H4N2/c8-6-7-4-2-1-3-5-7;1-2-5-3-4-1/h1-6H;1-3H,(H,4,5). The first kappa shape index (κ1) is 9.19. The van der Waals surface area contributed by atoms with Crippen LogP contribution in [0.1, 0.15) is 10.4 Å². The molecule has 1 N–H and O–H groups in total. The number of hydrogen-bond acceptors (Lipinski definition) is 2. The van der Waals surface area contributed by atoms with E-state index in [-0.39, 0.29) is 0 Å². The Balaban J connectivity index is 0.000000145. The highest BCUT2D eigenvalue weighted by atomic mass is 16.1. The minimum absolute atomic E-state index is 0.729. The molecule has 2 aromatic rings. The van der Waals surface area contributed by atoms with Crippen molar-refractivity contribution in [3.63, 3.8) is 0 Å². The van der Waals surface area contributed by atoms with E-state index in [1.165, 1.54) is 0 Å². The number of hydrogen-bond donors (Lipinski definition) is 1. The van der Waals surface area contributed by atoms with Crippen LogP contribution >= 0.6 is 0 Å². The molecule has 0 fully saturated rings. The van der Waals surface area contributed by atoms with Crippen LogP contribution in [0.15, 0.2) is 49.1 Å². The number of aromatic nitrogens is 2. The van der Waals surface area contributed by atoms with Gasteiger partial charge in [0.15, 0.2) is 0 Å². The van der Waals surface area contributed by atoms with E-state index in [9.17, 15) is 4.79 Å². The van der Waals surface area contributed by atoms with Gasteiger partial charge in [0.1, 0.15) is 6.29 Å². The van der Waals surface area contributed by atoms with Crippen molar-refractivity contribution < 1.29 is 4.79 Å². The van der Waals surface area contributed by atoms with Gasteiger partial charge in [0, 0.05) is 18.0 Å². The molecular weight excluding hydrogens is 164 g/mol. The smallest absolute Gasteiger partial charge is 0.150 e. The maximum Gasteiger partial charge on any atom is 0.150 e. The van der Waals surface area contributed by atoms with Crippen LogP contribution in [-0.4, -0.2) is 16.3 Å². The van der Waals surface area contributed by atoms with Crippen molar-refractivity contribution in [1.82, 2.24) is 9.97 Å². The van der Waals surface area contributed by atoms with Crippen LogP contribution < -0.4 is 0 Å². The molecule has 0 atom stereocenters. The molecule has 0 bridgehead atoms. The van der Waals surface area contributed by atoms with Crippen molar-refractivity contribution in [3.05, 3.63) is 54.6 Å². The normalized spacial score (nSPS) is 8.31. The number of H-pyrrole nitrogens is 1. The summed E-state index contributed by atoms with van der Waals surface area (Å²) in [5, 5.41) is 0. The predicted octanol–water partition coefficient (Wildman–Crippen LogP) is 1.91. The van der Waals surface area contributed by atoms with Crippen LogP contribution in [-0.2, 0) is 0 Å². The van der Waals surface area contributed by atoms with E-state index in [2.05, 4.69) is 9.97 Å². The quantitative estimate of drug-likeness (QED) is 0.671. The van der Waals surface area contributed by atoms with Crippen LogP contribution in [0.4, 0.5) is 0 Å². The Hall–Kier alpha value is -1.90. The fourth-order valence-corrected chi connectivity index (χ4v) is 0.747. The Morgan fingerprint density at radius 2 is 2.00 bits per heavy atom. The van der Waals surface area contributed by atoms with Crippen LogP contribution in [0.3, 0.4) is 0 Å². The lowest BCUT2D eigenvalue weighted by Crippen LogP contribution is -1.73. The Kier molecular flexibility index (Phi) is 4.04. The third-order valence-electron chi connectivity index (χ3n) is 1.34. The number of carbonyl (C=O) groups is 1. The highest BCUT2D eigenvalue weighted by Crippen LogP contribution is 1.91. The molecule has 2 rings (SSSR count). The molecule has 0 unspecified atom stereocenters. The van der Waals surface area contributed by atoms with Gasteiger partial charge >= 0.3 is 0 Å². The zero-order valence-electron chi connectivity index (χ0n) is 7.05. The van der Waals surface area contributed by atoms with Gasteiger partial charge in [0.05, 0.1) is 6.33 Å². The molecule has 0 spiro atoms. The first-order valence-electron chi connectivity index (χ1n) is 3.86. The first-order valence-corrected chi connectivity index (χ1v) is 3.86. The summed E-state index contributed by atoms with van der Waals surface area (Å²) < 4.78 is 0. The Morgan fingerprint density at radius 1 is 1.23 bits per heavy atom. The summed E-state index contributed by atoms with van der Waals surface area (Å²) >= 11 is 0. The van der Waals surface area contributed by atoms with Gasteiger partial charge in [-0.3, -0.25) is 4.79 Å². The van der Waals surface area contributed by atoms with Gasteiger partial charge in [-0.25, -0.2) is 4.98 Å². The molecule has 66 valence electrons. The predicted molar refractivity (Wildman–Crippen MR) is 50.4 cm³/mol. The van der Waals surface area contributed by atoms with Gasteiger partial charge in [-0.1, -0.05) is 30.3 Å². The summed E-state index contributed by atoms with van der Waals surface area (Å²) in [6.45, 7) is 0. The summed E-state index contributed by atoms with van der Waals surface area (Å²) in [6.07, 6.45) is 5.92. The maximum absolute atomic E-state index is 10.0. The number of imidazole rings is 1. The van der Waals surface area contributed by atoms with Crippen LogP contribution in [0, 0.1) is 0 Å². The second-order valence-electron chi connectivity index (χ2n) is 2.29. The highest BCUT2D eigenvalue weighted by molar-refractivity contribution is 5.74. The molecular formula is C10H10N2O. The molecule has 1 aromatic heterocycles. The molecule has 0 aliphatic heterocycles. The molecule has 3 heteroatoms. The first-order chi connectivity index (χ1) is 6.43. The van der Waals surface area contributed by atoms with Gasteiger partial charge in [0.2, 0.25) is 0 Å². The van der Waals surface area contributed by atoms with Crippen molar-refractivity contribution in [1.29, 1.82) is 0 Å². The molecule has 1 aromatic carbocycles. The molecule has 0 saturated heterocycles. The monoisotopic (exact) mass is 174 g/mol. The van der Waals surface area contributed by atoms with E-state index in [1.54, 1.807) is 30.9 Å². The second kappa shape index (κ2) is 5.71. The van der Waals surface area contributed by atoms with E-state index in [0.717, 1.165) is 11.8 Å². The van der Waals surface area contributed by atoms with Crippen LogP contribution in [0.25, 0.3) is 0 Å². The minimum Gasteiger partial charge on any atom is -0.351 e. The van der Waals surface area contributed by atoms with Crippen LogP contribution in [0.5, 0.6) is 0 Å². The number of rotatable bonds is 1. The van der Waals surface area contributed by atoms with Gasteiger partial charge in [-0.2, -0.15) is 0 Å². The fraction of sp³-hybridized carbons (Fsp3) is 0. The van der Waals surface area contributed by atoms with E-state index >= 15 is 0 Å². The van der Waals surface area contributed by atoms with Gasteiger partial charge in [0.25, 0.3) is 0 Å². The van der Waals surface area contributed by atoms with Gasteiger partial charge in [-0.05, 0) is 0 Å². The highest BCUT2D eigenvalue weighted by Gasteiger charge is 1.79. The van der Waals surface area contributed by atoms with E-state index in [0.29, 0.717) is 0 Å². The van der Waals surface area contributed by atoms with Gasteiger partial charge in [-0.15, -0.1) is 0 Å². The third kappa shape index (κ3) is 3.86. The van der Waals surface area contributed by atoms with E-state index in [1.807, 2.05) is 18.2 Å². The molecule has 0 amide bonds. The topological polar surface area (TPSA) is 45.8 Å². The molecule has 3 nitrogen and oxygen atoms in total. The minimum atomic E-state index is 0.729. The Morgan fingerprint density at radius 3 is 2.31 bits per heavy atom. The van der Waals surface area contributed by atoms with Crippen molar-refractivity contribution in [2.24, 2.45) is 0 Å². The number of aromatic amines is 1. The van der Waals surface area contributed by atoms with Crippen molar-refractivity contribution >= 4 is 6.29 Å². The largest absolute Gasteiger partial charge is 0.351 e. The average Bonchev–Trinajstić information content (AvgIpc) is 2.77. The molecule has 1 heterocycles. The average molecular weight is 174 g/mol. The van der Waals surface area contributed by atoms with E-state index < -0.39 is 0 Å². The number of nitrogens with zero attached hydrogens (tertiary/aromatic N) is 1. The molecule has 0 saturated carbocycles. The zero-order valence-corrected chi connectivity index (χ0v) is 7.05. The number of benzene rings is 1. The van der Waals surface area contributed by atoms with Crippen LogP contribution in [0.2, 0.25) is 0 Å². The van der Waals surface area contributed by atoms with Crippen molar-refractivity contribution in [3.8, 4) is 0 Å². The summed E-state index contributed by atoms with van der Waals surface area (Å²) in [6, 6.07) is 9.10. The lowest BCUT2D eigenvalue weighted by molar-refractivity contribution is 0.112. The molecule has 0 aliphatic rings. The molecule has 0 radical (unpaired) electrons. The summed E-state index contributed by atoms with van der Waals surface area (Å²) in [4.78, 5) is 16.4. The Bertz CT molecular complexity index is 299. The lowest BCUT2D eigenvalue weighted by atomic mass is 10.2. The number of aldehydes is 1. The number of nitrogens with one attached hydrogen (secondary N) is 1. The van der Waals surface area contributed by atoms with Gasteiger partial charge < -0.3 is 4.98 Å².